The number of fused-ring (bicyclic) bond motifs is 1. The topological polar surface area (TPSA) is 64.5 Å². The van der Waals surface area contributed by atoms with Gasteiger partial charge in [-0.15, -0.1) is 22.7 Å². The second kappa shape index (κ2) is 6.36. The van der Waals surface area contributed by atoms with Crippen molar-refractivity contribution in [1.29, 1.82) is 0 Å². The van der Waals surface area contributed by atoms with Crippen LogP contribution in [-0.2, 0) is 0 Å². The monoisotopic (exact) mass is 373 g/mol. The van der Waals surface area contributed by atoms with Crippen LogP contribution in [0.15, 0.2) is 66.7 Å². The molecule has 5 heterocycles. The van der Waals surface area contributed by atoms with E-state index < -0.39 is 0 Å². The van der Waals surface area contributed by atoms with Gasteiger partial charge in [0, 0.05) is 46.6 Å². The Labute approximate surface area is 157 Å². The molecule has 5 rings (SSSR count). The molecule has 0 spiro atoms. The van der Waals surface area contributed by atoms with E-state index in [1.54, 1.807) is 41.3 Å². The van der Waals surface area contributed by atoms with Crippen LogP contribution < -0.4 is 0 Å². The lowest BCUT2D eigenvalue weighted by Gasteiger charge is -2.04. The second-order valence-corrected chi connectivity index (χ2v) is 7.51. The Morgan fingerprint density at radius 2 is 1.81 bits per heavy atom. The van der Waals surface area contributed by atoms with Gasteiger partial charge in [-0.25, -0.2) is 19.9 Å². The molecule has 0 amide bonds. The maximum atomic E-state index is 4.86. The van der Waals surface area contributed by atoms with Crippen LogP contribution in [0.5, 0.6) is 0 Å². The van der Waals surface area contributed by atoms with E-state index in [9.17, 15) is 0 Å². The second-order valence-electron chi connectivity index (χ2n) is 5.53. The number of hydrogen-bond acceptors (Lipinski definition) is 7. The van der Waals surface area contributed by atoms with Crippen molar-refractivity contribution in [1.82, 2.24) is 24.9 Å². The van der Waals surface area contributed by atoms with Crippen LogP contribution in [0.1, 0.15) is 0 Å². The molecule has 5 aromatic rings. The zero-order valence-electron chi connectivity index (χ0n) is 13.4. The smallest absolute Gasteiger partial charge is 0.178 e. The fraction of sp³-hybridized carbons (Fsp3) is 0. The molecule has 0 saturated heterocycles. The van der Waals surface area contributed by atoms with Crippen molar-refractivity contribution in [2.45, 2.75) is 0 Å². The number of nitrogens with zero attached hydrogens (tertiary/aromatic N) is 5. The van der Waals surface area contributed by atoms with E-state index in [2.05, 4.69) is 37.4 Å². The average molecular weight is 373 g/mol. The summed E-state index contributed by atoms with van der Waals surface area (Å²) in [5, 5.41) is 4.07. The zero-order valence-corrected chi connectivity index (χ0v) is 15.0. The van der Waals surface area contributed by atoms with E-state index >= 15 is 0 Å². The third-order valence-electron chi connectivity index (χ3n) is 3.89. The van der Waals surface area contributed by atoms with E-state index in [1.165, 1.54) is 0 Å². The van der Waals surface area contributed by atoms with Gasteiger partial charge in [0.25, 0.3) is 0 Å². The van der Waals surface area contributed by atoms with E-state index in [0.717, 1.165) is 36.9 Å². The van der Waals surface area contributed by atoms with Gasteiger partial charge in [0.05, 0.1) is 10.6 Å². The molecule has 0 unspecified atom stereocenters. The maximum absolute atomic E-state index is 4.86. The minimum absolute atomic E-state index is 0.634. The molecule has 124 valence electrons. The van der Waals surface area contributed by atoms with E-state index in [-0.39, 0.29) is 0 Å². The molecule has 5 aromatic heterocycles. The minimum Gasteiger partial charge on any atom is -0.264 e. The molecule has 7 heteroatoms. The molecule has 0 aromatic carbocycles. The Balaban J connectivity index is 1.65. The first kappa shape index (κ1) is 15.2. The van der Waals surface area contributed by atoms with Crippen molar-refractivity contribution in [2.24, 2.45) is 0 Å². The number of hydrogen-bond donors (Lipinski definition) is 0. The Morgan fingerprint density at radius 3 is 2.65 bits per heavy atom. The van der Waals surface area contributed by atoms with Gasteiger partial charge in [-0.05, 0) is 35.7 Å². The molecule has 26 heavy (non-hydrogen) atoms. The van der Waals surface area contributed by atoms with Gasteiger partial charge < -0.3 is 0 Å². The fourth-order valence-electron chi connectivity index (χ4n) is 2.70. The van der Waals surface area contributed by atoms with Gasteiger partial charge in [0.15, 0.2) is 5.82 Å². The average Bonchev–Trinajstić information content (AvgIpc) is 3.38. The summed E-state index contributed by atoms with van der Waals surface area (Å²) in [6.07, 6.45) is 8.92. The Kier molecular flexibility index (Phi) is 3.73. The van der Waals surface area contributed by atoms with Crippen molar-refractivity contribution < 1.29 is 0 Å². The SMILES string of the molecule is c1cnc(-c2nc(-c3cnc(-c4cccnc4)s3)cc3sccc23)nc1. The van der Waals surface area contributed by atoms with Crippen molar-refractivity contribution >= 4 is 32.8 Å². The van der Waals surface area contributed by atoms with Crippen LogP contribution in [0, 0.1) is 0 Å². The highest BCUT2D eigenvalue weighted by atomic mass is 32.1. The highest BCUT2D eigenvalue weighted by Gasteiger charge is 2.14. The van der Waals surface area contributed by atoms with Crippen molar-refractivity contribution in [3.8, 4) is 32.7 Å². The molecule has 0 aliphatic carbocycles. The molecule has 0 radical (unpaired) electrons. The van der Waals surface area contributed by atoms with Crippen molar-refractivity contribution in [3.05, 3.63) is 66.7 Å². The van der Waals surface area contributed by atoms with Crippen molar-refractivity contribution in [2.75, 3.05) is 0 Å². The molecule has 5 nitrogen and oxygen atoms in total. The van der Waals surface area contributed by atoms with E-state index in [0.29, 0.717) is 5.82 Å². The molecule has 0 N–H and O–H groups in total. The highest BCUT2D eigenvalue weighted by Crippen LogP contribution is 2.36. The van der Waals surface area contributed by atoms with Crippen LogP contribution in [0.25, 0.3) is 42.7 Å². The van der Waals surface area contributed by atoms with Gasteiger partial charge in [-0.3, -0.25) is 4.98 Å². The molecular formula is C19H11N5S2. The summed E-state index contributed by atoms with van der Waals surface area (Å²) in [7, 11) is 0. The quantitative estimate of drug-likeness (QED) is 0.448. The molecule has 0 aliphatic rings. The maximum Gasteiger partial charge on any atom is 0.178 e. The molecule has 0 saturated carbocycles. The summed E-state index contributed by atoms with van der Waals surface area (Å²) in [6, 6.07) is 9.90. The Bertz CT molecular complexity index is 1180. The highest BCUT2D eigenvalue weighted by molar-refractivity contribution is 7.18. The summed E-state index contributed by atoms with van der Waals surface area (Å²) >= 11 is 3.29. The van der Waals surface area contributed by atoms with Crippen LogP contribution in [0.2, 0.25) is 0 Å². The van der Waals surface area contributed by atoms with Gasteiger partial charge in [-0.2, -0.15) is 0 Å². The first-order valence-electron chi connectivity index (χ1n) is 7.91. The van der Waals surface area contributed by atoms with E-state index in [1.807, 2.05) is 30.6 Å². The van der Waals surface area contributed by atoms with Crippen LogP contribution in [-0.4, -0.2) is 24.9 Å². The predicted octanol–water partition coefficient (Wildman–Crippen LogP) is 4.94. The Hall–Kier alpha value is -3.03. The number of thiazole rings is 1. The number of rotatable bonds is 3. The van der Waals surface area contributed by atoms with Gasteiger partial charge in [0.2, 0.25) is 0 Å². The fourth-order valence-corrected chi connectivity index (χ4v) is 4.39. The number of aromatic nitrogens is 5. The summed E-state index contributed by atoms with van der Waals surface area (Å²) < 4.78 is 1.16. The van der Waals surface area contributed by atoms with Gasteiger partial charge in [0.1, 0.15) is 10.7 Å². The lowest BCUT2D eigenvalue weighted by molar-refractivity contribution is 1.15. The molecule has 0 atom stereocenters. The number of pyridine rings is 2. The summed E-state index contributed by atoms with van der Waals surface area (Å²) in [5.74, 6) is 0.634. The minimum atomic E-state index is 0.634. The molecule has 0 bridgehead atoms. The van der Waals surface area contributed by atoms with Crippen molar-refractivity contribution in [3.63, 3.8) is 0 Å². The molecule has 0 aliphatic heterocycles. The third-order valence-corrected chi connectivity index (χ3v) is 5.83. The lowest BCUT2D eigenvalue weighted by Crippen LogP contribution is -1.92. The third kappa shape index (κ3) is 2.67. The standard InChI is InChI=1S/C19H11N5S2/c1-3-12(10-20-5-1)19-23-11-16(26-19)14-9-15-13(4-8-25-15)17(24-14)18-21-6-2-7-22-18/h1-11H. The lowest BCUT2D eigenvalue weighted by atomic mass is 10.2. The van der Waals surface area contributed by atoms with Crippen LogP contribution in [0.3, 0.4) is 0 Å². The van der Waals surface area contributed by atoms with Gasteiger partial charge in [-0.1, -0.05) is 0 Å². The normalized spacial score (nSPS) is 11.1. The van der Waals surface area contributed by atoms with Gasteiger partial charge >= 0.3 is 0 Å². The summed E-state index contributed by atoms with van der Waals surface area (Å²) in [6.45, 7) is 0. The molecular weight excluding hydrogens is 362 g/mol. The number of thiophene rings is 1. The summed E-state index contributed by atoms with van der Waals surface area (Å²) in [4.78, 5) is 23.3. The van der Waals surface area contributed by atoms with E-state index in [4.69, 9.17) is 4.98 Å². The van der Waals surface area contributed by atoms with Crippen LogP contribution >= 0.6 is 22.7 Å². The Morgan fingerprint density at radius 1 is 0.885 bits per heavy atom. The molecule has 0 fully saturated rings. The predicted molar refractivity (Wildman–Crippen MR) is 105 cm³/mol. The summed E-state index contributed by atoms with van der Waals surface area (Å²) in [5.41, 5.74) is 2.69. The first-order valence-corrected chi connectivity index (χ1v) is 9.60. The first-order chi connectivity index (χ1) is 12.9. The van der Waals surface area contributed by atoms with Crippen LogP contribution in [0.4, 0.5) is 0 Å². The zero-order chi connectivity index (χ0) is 17.3. The largest absolute Gasteiger partial charge is 0.264 e.